The molecule has 1 saturated heterocycles. The smallest absolute Gasteiger partial charge is 0.354 e. The van der Waals surface area contributed by atoms with E-state index in [-0.39, 0.29) is 24.5 Å². The topological polar surface area (TPSA) is 66.4 Å². The van der Waals surface area contributed by atoms with E-state index in [4.69, 9.17) is 0 Å². The van der Waals surface area contributed by atoms with Crippen LogP contribution < -0.4 is 4.90 Å². The fourth-order valence-corrected chi connectivity index (χ4v) is 4.84. The number of nitrogens with zero attached hydrogens (tertiary/aromatic N) is 4. The third-order valence-corrected chi connectivity index (χ3v) is 7.01. The highest BCUT2D eigenvalue weighted by molar-refractivity contribution is 7.92. The van der Waals surface area contributed by atoms with E-state index in [9.17, 15) is 21.6 Å². The Balaban J connectivity index is 1.49. The standard InChI is InChI=1S/C24H23F3N4O2S/c1-18-16-22(29-23(28-18)20-8-5-9-21(17-20)24(25,26)27)30-11-13-31(14-12-30)34(32,33)15-10-19-6-3-2-4-7-19/h2-10,15-17H,11-14H2,1H3/b15-10+. The molecule has 0 spiro atoms. The molecular formula is C24H23F3N4O2S. The molecule has 1 aliphatic rings. The second-order valence-electron chi connectivity index (χ2n) is 7.91. The van der Waals surface area contributed by atoms with Gasteiger partial charge in [0.25, 0.3) is 0 Å². The highest BCUT2D eigenvalue weighted by atomic mass is 32.2. The van der Waals surface area contributed by atoms with Crippen molar-refractivity contribution in [3.8, 4) is 11.4 Å². The Kier molecular flexibility index (Phi) is 6.72. The van der Waals surface area contributed by atoms with Gasteiger partial charge in [-0.15, -0.1) is 0 Å². The van der Waals surface area contributed by atoms with E-state index < -0.39 is 21.8 Å². The maximum atomic E-state index is 13.1. The molecular weight excluding hydrogens is 465 g/mol. The van der Waals surface area contributed by atoms with Crippen molar-refractivity contribution in [1.82, 2.24) is 14.3 Å². The molecule has 0 unspecified atom stereocenters. The predicted molar refractivity (Wildman–Crippen MR) is 125 cm³/mol. The van der Waals surface area contributed by atoms with E-state index in [0.717, 1.165) is 17.7 Å². The molecule has 0 atom stereocenters. The normalized spacial score (nSPS) is 15.7. The van der Waals surface area contributed by atoms with Gasteiger partial charge in [-0.1, -0.05) is 42.5 Å². The Hall–Kier alpha value is -3.24. The summed E-state index contributed by atoms with van der Waals surface area (Å²) in [4.78, 5) is 10.7. The number of halogens is 3. The van der Waals surface area contributed by atoms with E-state index in [1.807, 2.05) is 35.2 Å². The monoisotopic (exact) mass is 488 g/mol. The quantitative estimate of drug-likeness (QED) is 0.526. The van der Waals surface area contributed by atoms with Crippen molar-refractivity contribution in [3.05, 3.63) is 82.9 Å². The number of aromatic nitrogens is 2. The number of rotatable bonds is 5. The second kappa shape index (κ2) is 9.55. The van der Waals surface area contributed by atoms with E-state index in [2.05, 4.69) is 9.97 Å². The van der Waals surface area contributed by atoms with Crippen LogP contribution in [-0.4, -0.2) is 48.9 Å². The van der Waals surface area contributed by atoms with Crippen molar-refractivity contribution < 1.29 is 21.6 Å². The molecule has 6 nitrogen and oxygen atoms in total. The Bertz CT molecular complexity index is 1290. The molecule has 1 aliphatic heterocycles. The lowest BCUT2D eigenvalue weighted by molar-refractivity contribution is -0.137. The van der Waals surface area contributed by atoms with Crippen LogP contribution in [0.15, 0.2) is 66.1 Å². The van der Waals surface area contributed by atoms with Crippen molar-refractivity contribution in [1.29, 1.82) is 0 Å². The Morgan fingerprint density at radius 2 is 1.62 bits per heavy atom. The van der Waals surface area contributed by atoms with Crippen molar-refractivity contribution in [2.45, 2.75) is 13.1 Å². The summed E-state index contributed by atoms with van der Waals surface area (Å²) >= 11 is 0. The van der Waals surface area contributed by atoms with Crippen LogP contribution in [0.1, 0.15) is 16.8 Å². The number of aryl methyl sites for hydroxylation is 1. The minimum atomic E-state index is -4.46. The summed E-state index contributed by atoms with van der Waals surface area (Å²) in [6.45, 7) is 3.08. The number of anilines is 1. The molecule has 0 bridgehead atoms. The van der Waals surface area contributed by atoms with Gasteiger partial charge in [-0.3, -0.25) is 0 Å². The molecule has 0 saturated carbocycles. The SMILES string of the molecule is Cc1cc(N2CCN(S(=O)(=O)/C=C/c3ccccc3)CC2)nc(-c2cccc(C(F)(F)F)c2)n1. The summed E-state index contributed by atoms with van der Waals surface area (Å²) < 4.78 is 66.2. The maximum absolute atomic E-state index is 13.1. The van der Waals surface area contributed by atoms with Gasteiger partial charge in [0.05, 0.1) is 5.56 Å². The zero-order valence-corrected chi connectivity index (χ0v) is 19.2. The Labute approximate surface area is 196 Å². The molecule has 10 heteroatoms. The van der Waals surface area contributed by atoms with Gasteiger partial charge in [0, 0.05) is 48.9 Å². The summed E-state index contributed by atoms with van der Waals surface area (Å²) in [6.07, 6.45) is -2.89. The molecule has 0 N–H and O–H groups in total. The van der Waals surface area contributed by atoms with E-state index in [0.29, 0.717) is 24.6 Å². The summed E-state index contributed by atoms with van der Waals surface area (Å²) in [5, 5.41) is 1.21. The first-order valence-electron chi connectivity index (χ1n) is 10.6. The summed E-state index contributed by atoms with van der Waals surface area (Å²) in [5.74, 6) is 0.749. The molecule has 1 fully saturated rings. The Morgan fingerprint density at radius 3 is 2.29 bits per heavy atom. The lowest BCUT2D eigenvalue weighted by Gasteiger charge is -2.34. The van der Waals surface area contributed by atoms with Crippen molar-refractivity contribution in [3.63, 3.8) is 0 Å². The summed E-state index contributed by atoms with van der Waals surface area (Å²) in [5.41, 5.74) is 0.910. The molecule has 34 heavy (non-hydrogen) atoms. The average molecular weight is 489 g/mol. The van der Waals surface area contributed by atoms with Crippen LogP contribution in [0.5, 0.6) is 0 Å². The van der Waals surface area contributed by atoms with Gasteiger partial charge in [0.15, 0.2) is 5.82 Å². The number of alkyl halides is 3. The van der Waals surface area contributed by atoms with Crippen LogP contribution in [0.4, 0.5) is 19.0 Å². The third kappa shape index (κ3) is 5.63. The van der Waals surface area contributed by atoms with Gasteiger partial charge in [0.1, 0.15) is 5.82 Å². The van der Waals surface area contributed by atoms with Crippen LogP contribution in [0.2, 0.25) is 0 Å². The number of hydrogen-bond donors (Lipinski definition) is 0. The number of piperazine rings is 1. The first-order chi connectivity index (χ1) is 16.1. The minimum Gasteiger partial charge on any atom is -0.354 e. The first kappa shape index (κ1) is 23.9. The van der Waals surface area contributed by atoms with Gasteiger partial charge < -0.3 is 4.90 Å². The maximum Gasteiger partial charge on any atom is 0.416 e. The summed E-state index contributed by atoms with van der Waals surface area (Å²) in [6, 6.07) is 15.8. The van der Waals surface area contributed by atoms with Crippen LogP contribution in [-0.2, 0) is 16.2 Å². The van der Waals surface area contributed by atoms with Crippen molar-refractivity contribution >= 4 is 21.9 Å². The lowest BCUT2D eigenvalue weighted by atomic mass is 10.1. The van der Waals surface area contributed by atoms with Crippen LogP contribution >= 0.6 is 0 Å². The molecule has 4 rings (SSSR count). The second-order valence-corrected chi connectivity index (χ2v) is 9.73. The van der Waals surface area contributed by atoms with Gasteiger partial charge in [-0.25, -0.2) is 18.4 Å². The van der Waals surface area contributed by atoms with Gasteiger partial charge >= 0.3 is 6.18 Å². The highest BCUT2D eigenvalue weighted by Gasteiger charge is 2.31. The van der Waals surface area contributed by atoms with E-state index in [1.165, 1.54) is 21.8 Å². The first-order valence-corrected chi connectivity index (χ1v) is 12.1. The summed E-state index contributed by atoms with van der Waals surface area (Å²) in [7, 11) is -3.58. The van der Waals surface area contributed by atoms with Gasteiger partial charge in [-0.2, -0.15) is 17.5 Å². The van der Waals surface area contributed by atoms with Crippen molar-refractivity contribution in [2.75, 3.05) is 31.1 Å². The Morgan fingerprint density at radius 1 is 0.912 bits per heavy atom. The van der Waals surface area contributed by atoms with E-state index in [1.54, 1.807) is 19.1 Å². The fourth-order valence-electron chi connectivity index (χ4n) is 3.66. The third-order valence-electron chi connectivity index (χ3n) is 5.44. The van der Waals surface area contributed by atoms with Crippen LogP contribution in [0.25, 0.3) is 17.5 Å². The van der Waals surface area contributed by atoms with Crippen LogP contribution in [0, 0.1) is 6.92 Å². The van der Waals surface area contributed by atoms with Gasteiger partial charge in [-0.05, 0) is 30.7 Å². The van der Waals surface area contributed by atoms with E-state index >= 15 is 0 Å². The molecule has 0 aliphatic carbocycles. The molecule has 1 aromatic heterocycles. The molecule has 2 heterocycles. The zero-order chi connectivity index (χ0) is 24.3. The predicted octanol–water partition coefficient (Wildman–Crippen LogP) is 4.59. The zero-order valence-electron chi connectivity index (χ0n) is 18.4. The number of benzene rings is 2. The number of hydrogen-bond acceptors (Lipinski definition) is 5. The largest absolute Gasteiger partial charge is 0.416 e. The molecule has 178 valence electrons. The number of sulfonamides is 1. The minimum absolute atomic E-state index is 0.196. The molecule has 3 aromatic rings. The molecule has 2 aromatic carbocycles. The average Bonchev–Trinajstić information content (AvgIpc) is 2.83. The molecule has 0 radical (unpaired) electrons. The van der Waals surface area contributed by atoms with Crippen LogP contribution in [0.3, 0.4) is 0 Å². The highest BCUT2D eigenvalue weighted by Crippen LogP contribution is 2.32. The van der Waals surface area contributed by atoms with Crippen molar-refractivity contribution in [2.24, 2.45) is 0 Å². The fraction of sp³-hybridized carbons (Fsp3) is 0.250. The molecule has 0 amide bonds. The van der Waals surface area contributed by atoms with Gasteiger partial charge in [0.2, 0.25) is 10.0 Å². The lowest BCUT2D eigenvalue weighted by Crippen LogP contribution is -2.48.